The molecule has 0 aliphatic heterocycles. The third kappa shape index (κ3) is 5.87. The molecular weight excluding hydrogens is 490 g/mol. The van der Waals surface area contributed by atoms with Crippen molar-refractivity contribution in [1.29, 1.82) is 5.26 Å². The third-order valence-electron chi connectivity index (χ3n) is 4.90. The zero-order chi connectivity index (χ0) is 26.1. The lowest BCUT2D eigenvalue weighted by molar-refractivity contribution is -0.138. The van der Waals surface area contributed by atoms with Crippen LogP contribution in [0.15, 0.2) is 42.5 Å². The highest BCUT2D eigenvalue weighted by molar-refractivity contribution is 7.92. The van der Waals surface area contributed by atoms with Gasteiger partial charge in [0, 0.05) is 5.69 Å². The van der Waals surface area contributed by atoms with Crippen molar-refractivity contribution in [2.24, 2.45) is 0 Å². The van der Waals surface area contributed by atoms with Crippen molar-refractivity contribution in [2.75, 3.05) is 11.1 Å². The van der Waals surface area contributed by atoms with E-state index in [0.717, 1.165) is 12.1 Å². The molecule has 0 saturated heterocycles. The van der Waals surface area contributed by atoms with Crippen molar-refractivity contribution in [3.63, 3.8) is 0 Å². The smallest absolute Gasteiger partial charge is 0.374 e. The number of carbonyl (C=O) groups is 1. The number of sulfone groups is 1. The summed E-state index contributed by atoms with van der Waals surface area (Å²) in [6.07, 6.45) is -9.71. The number of rotatable bonds is 6. The fourth-order valence-electron chi connectivity index (χ4n) is 2.86. The second-order valence-electron chi connectivity index (χ2n) is 7.62. The van der Waals surface area contributed by atoms with E-state index in [4.69, 9.17) is 5.26 Å². The third-order valence-corrected chi connectivity index (χ3v) is 7.15. The van der Waals surface area contributed by atoms with E-state index in [1.165, 1.54) is 19.9 Å². The minimum Gasteiger partial charge on any atom is -0.374 e. The van der Waals surface area contributed by atoms with Gasteiger partial charge in [0.2, 0.25) is 0 Å². The van der Waals surface area contributed by atoms with Crippen LogP contribution in [-0.2, 0) is 32.6 Å². The molecule has 0 heterocycles. The quantitative estimate of drug-likeness (QED) is 0.568. The molecule has 6 nitrogen and oxygen atoms in total. The second-order valence-corrected chi connectivity index (χ2v) is 10.2. The van der Waals surface area contributed by atoms with Gasteiger partial charge in [-0.2, -0.15) is 31.6 Å². The molecule has 0 aliphatic rings. The Balaban J connectivity index is 2.56. The van der Waals surface area contributed by atoms with Gasteiger partial charge in [-0.05, 0) is 49.7 Å². The van der Waals surface area contributed by atoms with Crippen LogP contribution in [0.5, 0.6) is 0 Å². The van der Waals surface area contributed by atoms with Crippen LogP contribution in [0.2, 0.25) is 0 Å². The topological polar surface area (TPSA) is 107 Å². The maximum absolute atomic E-state index is 13.2. The Morgan fingerprint density at radius 2 is 1.53 bits per heavy atom. The number of aliphatic hydroxyl groups is 1. The number of nitrogens with zero attached hydrogens (tertiary/aromatic N) is 1. The van der Waals surface area contributed by atoms with Gasteiger partial charge >= 0.3 is 12.4 Å². The molecule has 0 radical (unpaired) electrons. The van der Waals surface area contributed by atoms with Crippen molar-refractivity contribution in [2.45, 2.75) is 37.1 Å². The molecule has 0 aromatic heterocycles. The molecule has 0 fully saturated rings. The molecule has 2 rings (SSSR count). The number of hydrogen-bond donors (Lipinski definition) is 2. The maximum atomic E-state index is 13.2. The summed E-state index contributed by atoms with van der Waals surface area (Å²) in [5.74, 6) is -2.74. The summed E-state index contributed by atoms with van der Waals surface area (Å²) in [6.45, 7) is 2.49. The summed E-state index contributed by atoms with van der Waals surface area (Å²) in [6, 6.07) is 5.92. The first-order chi connectivity index (χ1) is 15.4. The van der Waals surface area contributed by atoms with Crippen LogP contribution in [0.4, 0.5) is 32.0 Å². The molecule has 1 unspecified atom stereocenters. The number of hydrogen-bond acceptors (Lipinski definition) is 5. The Morgan fingerprint density at radius 1 is 1.00 bits per heavy atom. The van der Waals surface area contributed by atoms with Crippen LogP contribution >= 0.6 is 0 Å². The van der Waals surface area contributed by atoms with Crippen LogP contribution in [0.3, 0.4) is 0 Å². The lowest BCUT2D eigenvalue weighted by Crippen LogP contribution is -2.47. The molecular formula is C21H18F6N2O4S. The largest absolute Gasteiger partial charge is 0.417 e. The predicted octanol–water partition coefficient (Wildman–Crippen LogP) is 4.25. The standard InChI is InChI=1S/C21H18F6N2O4S/c1-12(2)34(32,33)11-19(31,14-4-6-15(7-5-14)20(22,23)24)18(30)29-16-8-3-13(10-28)17(9-16)21(25,26)27/h3-9,12,31H,11H2,1-2H3,(H,29,30). The van der Waals surface area contributed by atoms with E-state index < -0.39 is 72.6 Å². The van der Waals surface area contributed by atoms with E-state index in [0.29, 0.717) is 30.3 Å². The van der Waals surface area contributed by atoms with E-state index in [9.17, 15) is 44.7 Å². The molecule has 34 heavy (non-hydrogen) atoms. The molecule has 2 N–H and O–H groups in total. The van der Waals surface area contributed by atoms with Gasteiger partial charge in [0.05, 0.1) is 33.8 Å². The Labute approximate surface area is 190 Å². The van der Waals surface area contributed by atoms with Crippen molar-refractivity contribution in [3.05, 3.63) is 64.7 Å². The maximum Gasteiger partial charge on any atom is 0.417 e. The normalized spacial score (nSPS) is 14.4. The number of amides is 1. The van der Waals surface area contributed by atoms with Gasteiger partial charge in [0.25, 0.3) is 5.91 Å². The number of nitriles is 1. The molecule has 2 aromatic carbocycles. The van der Waals surface area contributed by atoms with E-state index in [-0.39, 0.29) is 0 Å². The molecule has 13 heteroatoms. The Bertz CT molecular complexity index is 1220. The van der Waals surface area contributed by atoms with Crippen molar-refractivity contribution >= 4 is 21.4 Å². The molecule has 184 valence electrons. The van der Waals surface area contributed by atoms with Crippen molar-refractivity contribution < 1.29 is 44.7 Å². The number of nitrogens with one attached hydrogen (secondary N) is 1. The monoisotopic (exact) mass is 508 g/mol. The van der Waals surface area contributed by atoms with Crippen LogP contribution in [0.1, 0.15) is 36.1 Å². The summed E-state index contributed by atoms with van der Waals surface area (Å²) >= 11 is 0. The summed E-state index contributed by atoms with van der Waals surface area (Å²) in [7, 11) is -4.18. The van der Waals surface area contributed by atoms with Crippen LogP contribution in [0.25, 0.3) is 0 Å². The first-order valence-corrected chi connectivity index (χ1v) is 11.2. The first-order valence-electron chi connectivity index (χ1n) is 9.46. The predicted molar refractivity (Wildman–Crippen MR) is 109 cm³/mol. The number of anilines is 1. The summed E-state index contributed by atoms with van der Waals surface area (Å²) in [5, 5.41) is 20.8. The lowest BCUT2D eigenvalue weighted by Gasteiger charge is -2.28. The van der Waals surface area contributed by atoms with Crippen LogP contribution < -0.4 is 5.32 Å². The zero-order valence-electron chi connectivity index (χ0n) is 17.6. The Hall–Kier alpha value is -3.11. The molecule has 0 spiro atoms. The van der Waals surface area contributed by atoms with Gasteiger partial charge in [0.1, 0.15) is 0 Å². The summed E-state index contributed by atoms with van der Waals surface area (Å²) in [5.41, 5.74) is -7.26. The molecule has 1 atom stereocenters. The highest BCUT2D eigenvalue weighted by Gasteiger charge is 2.44. The Kier molecular flexibility index (Phi) is 7.39. The lowest BCUT2D eigenvalue weighted by atomic mass is 9.93. The first kappa shape index (κ1) is 27.1. The molecule has 0 bridgehead atoms. The van der Waals surface area contributed by atoms with Crippen LogP contribution in [0, 0.1) is 11.3 Å². The number of halogens is 6. The van der Waals surface area contributed by atoms with Crippen molar-refractivity contribution in [1.82, 2.24) is 0 Å². The average molecular weight is 508 g/mol. The fraction of sp³-hybridized carbons (Fsp3) is 0.333. The fourth-order valence-corrected chi connectivity index (χ4v) is 4.07. The Morgan fingerprint density at radius 3 is 1.97 bits per heavy atom. The van der Waals surface area contributed by atoms with E-state index in [1.54, 1.807) is 0 Å². The van der Waals surface area contributed by atoms with Gasteiger partial charge in [-0.3, -0.25) is 4.79 Å². The zero-order valence-corrected chi connectivity index (χ0v) is 18.4. The molecule has 0 saturated carbocycles. The summed E-state index contributed by atoms with van der Waals surface area (Å²) in [4.78, 5) is 12.9. The minimum absolute atomic E-state index is 0.417. The molecule has 0 aliphatic carbocycles. The number of carbonyl (C=O) groups excluding carboxylic acids is 1. The molecule has 2 aromatic rings. The molecule has 1 amide bonds. The second kappa shape index (κ2) is 9.27. The van der Waals surface area contributed by atoms with E-state index in [1.807, 2.05) is 5.32 Å². The average Bonchev–Trinajstić information content (AvgIpc) is 2.72. The number of alkyl halides is 6. The van der Waals surface area contributed by atoms with Gasteiger partial charge < -0.3 is 10.4 Å². The van der Waals surface area contributed by atoms with Gasteiger partial charge in [-0.1, -0.05) is 12.1 Å². The van der Waals surface area contributed by atoms with Crippen LogP contribution in [-0.4, -0.2) is 30.4 Å². The summed E-state index contributed by atoms with van der Waals surface area (Å²) < 4.78 is 103. The number of benzene rings is 2. The van der Waals surface area contributed by atoms with Gasteiger partial charge in [0.15, 0.2) is 15.4 Å². The van der Waals surface area contributed by atoms with E-state index in [2.05, 4.69) is 0 Å². The van der Waals surface area contributed by atoms with Gasteiger partial charge in [-0.25, -0.2) is 8.42 Å². The van der Waals surface area contributed by atoms with E-state index >= 15 is 0 Å². The SMILES string of the molecule is CC(C)S(=O)(=O)CC(O)(C(=O)Nc1ccc(C#N)c(C(F)(F)F)c1)c1ccc(C(F)(F)F)cc1. The highest BCUT2D eigenvalue weighted by atomic mass is 32.2. The van der Waals surface area contributed by atoms with Gasteiger partial charge in [-0.15, -0.1) is 0 Å². The minimum atomic E-state index is -4.96. The highest BCUT2D eigenvalue weighted by Crippen LogP contribution is 2.35. The van der Waals surface area contributed by atoms with Crippen molar-refractivity contribution in [3.8, 4) is 6.07 Å².